The molecular formula is C18H15NO3. The van der Waals surface area contributed by atoms with Gasteiger partial charge in [-0.05, 0) is 49.1 Å². The van der Waals surface area contributed by atoms with Crippen molar-refractivity contribution in [3.63, 3.8) is 0 Å². The molecule has 0 radical (unpaired) electrons. The maximum atomic E-state index is 11.4. The normalized spacial score (nSPS) is 20.2. The molecule has 1 fully saturated rings. The number of rotatable bonds is 3. The highest BCUT2D eigenvalue weighted by molar-refractivity contribution is 6.03. The highest BCUT2D eigenvalue weighted by Gasteiger charge is 2.40. The SMILES string of the molecule is Cc1oc2ccc([C@@H]3C[C@H]3c3ccccn3)cc2c1C(=O)O. The molecule has 4 rings (SSSR count). The van der Waals surface area contributed by atoms with Crippen molar-refractivity contribution in [2.75, 3.05) is 0 Å². The Bertz CT molecular complexity index is 867. The van der Waals surface area contributed by atoms with Crippen LogP contribution in [0.3, 0.4) is 0 Å². The molecular weight excluding hydrogens is 278 g/mol. The third-order valence-corrected chi connectivity index (χ3v) is 4.39. The van der Waals surface area contributed by atoms with Crippen LogP contribution in [0.5, 0.6) is 0 Å². The largest absolute Gasteiger partial charge is 0.478 e. The van der Waals surface area contributed by atoms with Gasteiger partial charge in [0.2, 0.25) is 0 Å². The predicted molar refractivity (Wildman–Crippen MR) is 82.2 cm³/mol. The summed E-state index contributed by atoms with van der Waals surface area (Å²) in [6.45, 7) is 1.69. The summed E-state index contributed by atoms with van der Waals surface area (Å²) in [6, 6.07) is 11.8. The van der Waals surface area contributed by atoms with E-state index in [-0.39, 0.29) is 5.56 Å². The van der Waals surface area contributed by atoms with Crippen LogP contribution in [0.1, 0.15) is 45.6 Å². The van der Waals surface area contributed by atoms with Crippen molar-refractivity contribution in [3.05, 3.63) is 65.2 Å². The number of hydrogen-bond donors (Lipinski definition) is 1. The summed E-state index contributed by atoms with van der Waals surface area (Å²) >= 11 is 0. The van der Waals surface area contributed by atoms with Gasteiger partial charge in [0.15, 0.2) is 0 Å². The topological polar surface area (TPSA) is 63.3 Å². The molecule has 0 bridgehead atoms. The van der Waals surface area contributed by atoms with Gasteiger partial charge in [0.1, 0.15) is 16.9 Å². The molecule has 1 saturated carbocycles. The quantitative estimate of drug-likeness (QED) is 0.789. The molecule has 0 unspecified atom stereocenters. The minimum absolute atomic E-state index is 0.270. The molecule has 3 aromatic rings. The van der Waals surface area contributed by atoms with Crippen LogP contribution < -0.4 is 0 Å². The average Bonchev–Trinajstić information content (AvgIpc) is 3.23. The van der Waals surface area contributed by atoms with Gasteiger partial charge in [0.05, 0.1) is 0 Å². The Labute approximate surface area is 127 Å². The van der Waals surface area contributed by atoms with E-state index in [1.807, 2.05) is 42.6 Å². The monoisotopic (exact) mass is 293 g/mol. The minimum Gasteiger partial charge on any atom is -0.478 e. The van der Waals surface area contributed by atoms with E-state index in [1.54, 1.807) is 6.92 Å². The number of nitrogens with zero attached hydrogens (tertiary/aromatic N) is 1. The van der Waals surface area contributed by atoms with Crippen LogP contribution >= 0.6 is 0 Å². The maximum absolute atomic E-state index is 11.4. The first-order chi connectivity index (χ1) is 10.6. The average molecular weight is 293 g/mol. The number of aromatic carboxylic acids is 1. The number of carbonyl (C=O) groups is 1. The summed E-state index contributed by atoms with van der Waals surface area (Å²) in [5.74, 6) is 0.360. The number of aryl methyl sites for hydroxylation is 1. The lowest BCUT2D eigenvalue weighted by molar-refractivity contribution is 0.0697. The predicted octanol–water partition coefficient (Wildman–Crippen LogP) is 4.11. The van der Waals surface area contributed by atoms with Crippen LogP contribution in [0.2, 0.25) is 0 Å². The second-order valence-electron chi connectivity index (χ2n) is 5.80. The third-order valence-electron chi connectivity index (χ3n) is 4.39. The van der Waals surface area contributed by atoms with Crippen LogP contribution in [0, 0.1) is 6.92 Å². The van der Waals surface area contributed by atoms with Crippen molar-refractivity contribution in [2.45, 2.75) is 25.2 Å². The molecule has 0 aliphatic heterocycles. The fraction of sp³-hybridized carbons (Fsp3) is 0.222. The minimum atomic E-state index is -0.939. The first-order valence-electron chi connectivity index (χ1n) is 7.32. The van der Waals surface area contributed by atoms with Crippen molar-refractivity contribution >= 4 is 16.9 Å². The third kappa shape index (κ3) is 1.99. The number of carboxylic acid groups (broad SMARTS) is 1. The van der Waals surface area contributed by atoms with Crippen molar-refractivity contribution in [2.24, 2.45) is 0 Å². The molecule has 0 saturated heterocycles. The Morgan fingerprint density at radius 2 is 2.14 bits per heavy atom. The van der Waals surface area contributed by atoms with E-state index in [2.05, 4.69) is 4.98 Å². The van der Waals surface area contributed by atoms with Crippen LogP contribution in [0.25, 0.3) is 11.0 Å². The first-order valence-corrected chi connectivity index (χ1v) is 7.32. The zero-order chi connectivity index (χ0) is 15.3. The van der Waals surface area contributed by atoms with Crippen LogP contribution in [0.15, 0.2) is 47.0 Å². The second-order valence-corrected chi connectivity index (χ2v) is 5.80. The number of aromatic nitrogens is 1. The summed E-state index contributed by atoms with van der Waals surface area (Å²) in [6.07, 6.45) is 2.87. The highest BCUT2D eigenvalue weighted by atomic mass is 16.4. The number of benzene rings is 1. The van der Waals surface area contributed by atoms with Gasteiger partial charge < -0.3 is 9.52 Å². The van der Waals surface area contributed by atoms with Gasteiger partial charge in [-0.3, -0.25) is 4.98 Å². The van der Waals surface area contributed by atoms with Crippen LogP contribution in [-0.4, -0.2) is 16.1 Å². The fourth-order valence-corrected chi connectivity index (χ4v) is 3.22. The van der Waals surface area contributed by atoms with E-state index >= 15 is 0 Å². The Kier molecular flexibility index (Phi) is 2.79. The molecule has 2 aromatic heterocycles. The standard InChI is InChI=1S/C18H15NO3/c1-10-17(18(20)21)14-8-11(5-6-16(14)22-10)12-9-13(12)15-4-2-3-7-19-15/h2-8,12-13H,9H2,1H3,(H,20,21)/t12-,13+/m0/s1. The molecule has 4 heteroatoms. The Morgan fingerprint density at radius 3 is 2.86 bits per heavy atom. The van der Waals surface area contributed by atoms with Gasteiger partial charge in [-0.1, -0.05) is 12.1 Å². The zero-order valence-electron chi connectivity index (χ0n) is 12.1. The number of fused-ring (bicyclic) bond motifs is 1. The molecule has 0 spiro atoms. The molecule has 2 atom stereocenters. The molecule has 1 aliphatic carbocycles. The van der Waals surface area contributed by atoms with Gasteiger partial charge in [0, 0.05) is 23.2 Å². The van der Waals surface area contributed by atoms with E-state index in [4.69, 9.17) is 4.42 Å². The molecule has 22 heavy (non-hydrogen) atoms. The summed E-state index contributed by atoms with van der Waals surface area (Å²) in [7, 11) is 0. The van der Waals surface area contributed by atoms with Crippen LogP contribution in [-0.2, 0) is 0 Å². The summed E-state index contributed by atoms with van der Waals surface area (Å²) in [5, 5.41) is 10.0. The Morgan fingerprint density at radius 1 is 1.27 bits per heavy atom. The van der Waals surface area contributed by atoms with Gasteiger partial charge in [-0.15, -0.1) is 0 Å². The number of hydrogen-bond acceptors (Lipinski definition) is 3. The summed E-state index contributed by atoms with van der Waals surface area (Å²) < 4.78 is 5.53. The zero-order valence-corrected chi connectivity index (χ0v) is 12.1. The Balaban J connectivity index is 1.72. The highest BCUT2D eigenvalue weighted by Crippen LogP contribution is 2.54. The molecule has 4 nitrogen and oxygen atoms in total. The lowest BCUT2D eigenvalue weighted by atomic mass is 10.0. The molecule has 1 N–H and O–H groups in total. The van der Waals surface area contributed by atoms with Gasteiger partial charge in [-0.2, -0.15) is 0 Å². The van der Waals surface area contributed by atoms with Crippen molar-refractivity contribution in [1.82, 2.24) is 4.98 Å². The molecule has 2 heterocycles. The molecule has 1 aliphatic rings. The molecule has 110 valence electrons. The number of carboxylic acids is 1. The lowest BCUT2D eigenvalue weighted by Crippen LogP contribution is -1.97. The molecule has 0 amide bonds. The van der Waals surface area contributed by atoms with Gasteiger partial charge >= 0.3 is 5.97 Å². The molecule has 1 aromatic carbocycles. The van der Waals surface area contributed by atoms with Gasteiger partial charge in [-0.25, -0.2) is 4.79 Å². The van der Waals surface area contributed by atoms with E-state index in [9.17, 15) is 9.90 Å². The lowest BCUT2D eigenvalue weighted by Gasteiger charge is -2.01. The Hall–Kier alpha value is -2.62. The van der Waals surface area contributed by atoms with Crippen molar-refractivity contribution in [3.8, 4) is 0 Å². The van der Waals surface area contributed by atoms with Gasteiger partial charge in [0.25, 0.3) is 0 Å². The first kappa shape index (κ1) is 13.1. The van der Waals surface area contributed by atoms with E-state index in [1.165, 1.54) is 0 Å². The smallest absolute Gasteiger partial charge is 0.339 e. The van der Waals surface area contributed by atoms with Crippen molar-refractivity contribution in [1.29, 1.82) is 0 Å². The maximum Gasteiger partial charge on any atom is 0.339 e. The fourth-order valence-electron chi connectivity index (χ4n) is 3.22. The number of furan rings is 1. The van der Waals surface area contributed by atoms with E-state index < -0.39 is 5.97 Å². The number of pyridine rings is 1. The summed E-state index contributed by atoms with van der Waals surface area (Å²) in [4.78, 5) is 15.8. The van der Waals surface area contributed by atoms with E-state index in [0.717, 1.165) is 17.7 Å². The van der Waals surface area contributed by atoms with Crippen molar-refractivity contribution < 1.29 is 14.3 Å². The summed E-state index contributed by atoms with van der Waals surface area (Å²) in [5.41, 5.74) is 3.17. The van der Waals surface area contributed by atoms with Crippen LogP contribution in [0.4, 0.5) is 0 Å². The second kappa shape index (κ2) is 4.70. The van der Waals surface area contributed by atoms with E-state index in [0.29, 0.717) is 28.6 Å².